The number of aliphatic carboxylic acids is 1. The van der Waals surface area contributed by atoms with Crippen LogP contribution in [0.5, 0.6) is 11.5 Å². The molecule has 3 N–H and O–H groups in total. The van der Waals surface area contributed by atoms with E-state index in [1.165, 1.54) is 19.2 Å². The highest BCUT2D eigenvalue weighted by atomic mass is 16.5. The summed E-state index contributed by atoms with van der Waals surface area (Å²) >= 11 is 0. The first kappa shape index (κ1) is 21.2. The Morgan fingerprint density at radius 2 is 1.62 bits per heavy atom. The number of alkyl carbamates (subject to hydrolysis) is 1. The number of methoxy groups -OCH3 is 1. The zero-order valence-electron chi connectivity index (χ0n) is 17.4. The van der Waals surface area contributed by atoms with Crippen molar-refractivity contribution in [2.24, 2.45) is 0 Å². The van der Waals surface area contributed by atoms with E-state index in [2.05, 4.69) is 5.32 Å². The fourth-order valence-electron chi connectivity index (χ4n) is 4.08. The molecule has 3 aromatic rings. The summed E-state index contributed by atoms with van der Waals surface area (Å²) in [6.45, 7) is 0.0928. The zero-order chi connectivity index (χ0) is 22.7. The SMILES string of the molecule is COc1ccc(CC(NC(=O)OCC2c3ccccc3-c3ccccc32)C(=O)O)cc1O. The standard InChI is InChI=1S/C25H23NO6/c1-31-23-11-10-15(13-22(23)27)12-21(24(28)29)26-25(30)32-14-20-18-8-4-2-6-16(18)17-7-3-5-9-19(17)20/h2-11,13,20-21,27H,12,14H2,1H3,(H,26,30)(H,28,29). The molecule has 1 unspecified atom stereocenters. The van der Waals surface area contributed by atoms with Crippen LogP contribution in [0.2, 0.25) is 0 Å². The molecule has 0 saturated heterocycles. The molecule has 0 fully saturated rings. The summed E-state index contributed by atoms with van der Waals surface area (Å²) in [6.07, 6.45) is -0.825. The molecule has 0 saturated carbocycles. The van der Waals surface area contributed by atoms with E-state index >= 15 is 0 Å². The fourth-order valence-corrected chi connectivity index (χ4v) is 4.08. The highest BCUT2D eigenvalue weighted by molar-refractivity contribution is 5.81. The van der Waals surface area contributed by atoms with Crippen molar-refractivity contribution in [2.75, 3.05) is 13.7 Å². The zero-order valence-corrected chi connectivity index (χ0v) is 17.4. The van der Waals surface area contributed by atoms with E-state index in [4.69, 9.17) is 9.47 Å². The summed E-state index contributed by atoms with van der Waals surface area (Å²) in [5.41, 5.74) is 4.91. The number of hydrogen-bond donors (Lipinski definition) is 3. The number of ether oxygens (including phenoxy) is 2. The lowest BCUT2D eigenvalue weighted by Gasteiger charge is -2.18. The Morgan fingerprint density at radius 3 is 2.19 bits per heavy atom. The summed E-state index contributed by atoms with van der Waals surface area (Å²) in [5, 5.41) is 21.9. The summed E-state index contributed by atoms with van der Waals surface area (Å²) in [4.78, 5) is 24.1. The normalized spacial score (nSPS) is 13.0. The number of fused-ring (bicyclic) bond motifs is 3. The lowest BCUT2D eigenvalue weighted by atomic mass is 9.98. The first-order chi connectivity index (χ1) is 15.5. The van der Waals surface area contributed by atoms with Crippen molar-refractivity contribution in [1.82, 2.24) is 5.32 Å². The molecule has 3 aromatic carbocycles. The van der Waals surface area contributed by atoms with Gasteiger partial charge in [0.05, 0.1) is 7.11 Å². The van der Waals surface area contributed by atoms with Gasteiger partial charge in [0, 0.05) is 12.3 Å². The van der Waals surface area contributed by atoms with Gasteiger partial charge in [-0.25, -0.2) is 9.59 Å². The predicted octanol–water partition coefficient (Wildman–Crippen LogP) is 3.94. The van der Waals surface area contributed by atoms with Crippen LogP contribution in [0.25, 0.3) is 11.1 Å². The topological polar surface area (TPSA) is 105 Å². The molecule has 7 heteroatoms. The van der Waals surface area contributed by atoms with Crippen molar-refractivity contribution < 1.29 is 29.3 Å². The average Bonchev–Trinajstić information content (AvgIpc) is 3.11. The Kier molecular flexibility index (Phi) is 5.98. The smallest absolute Gasteiger partial charge is 0.407 e. The first-order valence-electron chi connectivity index (χ1n) is 10.2. The largest absolute Gasteiger partial charge is 0.504 e. The average molecular weight is 433 g/mol. The number of phenolic OH excluding ortho intramolecular Hbond substituents is 1. The molecule has 0 aliphatic heterocycles. The third-order valence-corrected chi connectivity index (χ3v) is 5.62. The van der Waals surface area contributed by atoms with Gasteiger partial charge in [-0.1, -0.05) is 54.6 Å². The van der Waals surface area contributed by atoms with E-state index < -0.39 is 18.1 Å². The highest BCUT2D eigenvalue weighted by Crippen LogP contribution is 2.44. The van der Waals surface area contributed by atoms with Crippen molar-refractivity contribution in [1.29, 1.82) is 0 Å². The lowest BCUT2D eigenvalue weighted by molar-refractivity contribution is -0.139. The van der Waals surface area contributed by atoms with E-state index in [1.807, 2.05) is 48.5 Å². The number of nitrogens with one attached hydrogen (secondary N) is 1. The molecule has 0 heterocycles. The van der Waals surface area contributed by atoms with Gasteiger partial charge >= 0.3 is 12.1 Å². The number of benzene rings is 3. The molecule has 32 heavy (non-hydrogen) atoms. The number of hydrogen-bond acceptors (Lipinski definition) is 5. The number of carboxylic acid groups (broad SMARTS) is 1. The van der Waals surface area contributed by atoms with Gasteiger partial charge in [-0.3, -0.25) is 0 Å². The molecular formula is C25H23NO6. The molecule has 0 radical (unpaired) electrons. The van der Waals surface area contributed by atoms with Gasteiger partial charge < -0.3 is 25.0 Å². The summed E-state index contributed by atoms with van der Waals surface area (Å²) in [5.74, 6) is -1.14. The molecule has 1 amide bonds. The lowest BCUT2D eigenvalue weighted by Crippen LogP contribution is -2.42. The van der Waals surface area contributed by atoms with Crippen LogP contribution < -0.4 is 10.1 Å². The molecule has 4 rings (SSSR count). The number of amides is 1. The van der Waals surface area contributed by atoms with Gasteiger partial charge in [-0.05, 0) is 39.9 Å². The van der Waals surface area contributed by atoms with Crippen molar-refractivity contribution in [3.8, 4) is 22.6 Å². The van der Waals surface area contributed by atoms with Gasteiger partial charge in [0.1, 0.15) is 12.6 Å². The predicted molar refractivity (Wildman–Crippen MR) is 118 cm³/mol. The van der Waals surface area contributed by atoms with Gasteiger partial charge in [0.25, 0.3) is 0 Å². The minimum atomic E-state index is -1.21. The van der Waals surface area contributed by atoms with Crippen molar-refractivity contribution in [3.63, 3.8) is 0 Å². The molecule has 1 atom stereocenters. The molecule has 7 nitrogen and oxygen atoms in total. The Balaban J connectivity index is 1.42. The Labute approximate surface area is 185 Å². The van der Waals surface area contributed by atoms with E-state index in [0.717, 1.165) is 22.3 Å². The van der Waals surface area contributed by atoms with Crippen molar-refractivity contribution in [3.05, 3.63) is 83.4 Å². The monoisotopic (exact) mass is 433 g/mol. The first-order valence-corrected chi connectivity index (χ1v) is 10.2. The van der Waals surface area contributed by atoms with Crippen LogP contribution in [-0.2, 0) is 16.0 Å². The van der Waals surface area contributed by atoms with Gasteiger partial charge in [0.15, 0.2) is 11.5 Å². The minimum absolute atomic E-state index is 0.0168. The number of phenols is 1. The second-order valence-electron chi connectivity index (χ2n) is 7.57. The number of aromatic hydroxyl groups is 1. The van der Waals surface area contributed by atoms with Gasteiger partial charge in [-0.15, -0.1) is 0 Å². The van der Waals surface area contributed by atoms with Crippen LogP contribution in [0.1, 0.15) is 22.6 Å². The van der Waals surface area contributed by atoms with E-state index in [9.17, 15) is 19.8 Å². The van der Waals surface area contributed by atoms with Crippen LogP contribution in [-0.4, -0.2) is 42.0 Å². The van der Waals surface area contributed by atoms with Crippen LogP contribution in [0.15, 0.2) is 66.7 Å². The maximum absolute atomic E-state index is 12.4. The minimum Gasteiger partial charge on any atom is -0.504 e. The second-order valence-corrected chi connectivity index (χ2v) is 7.57. The summed E-state index contributed by atoms with van der Waals surface area (Å²) in [7, 11) is 1.42. The van der Waals surface area contributed by atoms with Crippen molar-refractivity contribution >= 4 is 12.1 Å². The third kappa shape index (κ3) is 4.23. The Morgan fingerprint density at radius 1 is 1.00 bits per heavy atom. The number of carboxylic acids is 1. The highest BCUT2D eigenvalue weighted by Gasteiger charge is 2.29. The Bertz CT molecular complexity index is 1110. The van der Waals surface area contributed by atoms with Crippen LogP contribution >= 0.6 is 0 Å². The molecule has 1 aliphatic carbocycles. The Hall–Kier alpha value is -4.00. The van der Waals surface area contributed by atoms with E-state index in [-0.39, 0.29) is 30.4 Å². The molecule has 1 aliphatic rings. The number of carbonyl (C=O) groups excluding carboxylic acids is 1. The van der Waals surface area contributed by atoms with Gasteiger partial charge in [0.2, 0.25) is 0 Å². The van der Waals surface area contributed by atoms with Crippen LogP contribution in [0.3, 0.4) is 0 Å². The van der Waals surface area contributed by atoms with Gasteiger partial charge in [-0.2, -0.15) is 0 Å². The molecule has 0 aromatic heterocycles. The quantitative estimate of drug-likeness (QED) is 0.521. The molecule has 0 bridgehead atoms. The molecule has 164 valence electrons. The maximum atomic E-state index is 12.4. The third-order valence-electron chi connectivity index (χ3n) is 5.62. The fraction of sp³-hybridized carbons (Fsp3) is 0.200. The maximum Gasteiger partial charge on any atom is 0.407 e. The van der Waals surface area contributed by atoms with E-state index in [1.54, 1.807) is 6.07 Å². The van der Waals surface area contributed by atoms with E-state index in [0.29, 0.717) is 5.56 Å². The second kappa shape index (κ2) is 9.01. The summed E-state index contributed by atoms with van der Waals surface area (Å²) < 4.78 is 10.4. The number of carbonyl (C=O) groups is 2. The van der Waals surface area contributed by atoms with Crippen LogP contribution in [0, 0.1) is 0 Å². The molecule has 0 spiro atoms. The number of rotatable bonds is 7. The summed E-state index contributed by atoms with van der Waals surface area (Å²) in [6, 6.07) is 19.3. The van der Waals surface area contributed by atoms with Crippen LogP contribution in [0.4, 0.5) is 4.79 Å². The van der Waals surface area contributed by atoms with Crippen molar-refractivity contribution in [2.45, 2.75) is 18.4 Å². The molecular weight excluding hydrogens is 410 g/mol.